The lowest BCUT2D eigenvalue weighted by Gasteiger charge is -2.40. The maximum absolute atomic E-state index is 16.1. The number of carbonyl (C=O) groups is 2. The van der Waals surface area contributed by atoms with E-state index in [1.54, 1.807) is 24.1 Å². The molecule has 3 aliphatic heterocycles. The van der Waals surface area contributed by atoms with E-state index in [9.17, 15) is 37.1 Å². The van der Waals surface area contributed by atoms with Gasteiger partial charge in [-0.15, -0.1) is 0 Å². The smallest absolute Gasteiger partial charge is 0.416 e. The van der Waals surface area contributed by atoms with Crippen molar-refractivity contribution < 1.29 is 50.5 Å². The van der Waals surface area contributed by atoms with Crippen LogP contribution in [0.25, 0.3) is 11.1 Å². The highest BCUT2D eigenvalue weighted by atomic mass is 19.4. The molecule has 0 radical (unpaired) electrons. The number of benzene rings is 3. The molecule has 1 amide bonds. The van der Waals surface area contributed by atoms with Crippen molar-refractivity contribution in [2.75, 3.05) is 44.7 Å². The quantitative estimate of drug-likeness (QED) is 0.195. The molecule has 2 N–H and O–H groups in total. The molecule has 3 aliphatic rings. The van der Waals surface area contributed by atoms with E-state index in [4.69, 9.17) is 9.47 Å². The maximum atomic E-state index is 16.1. The summed E-state index contributed by atoms with van der Waals surface area (Å²) in [4.78, 5) is 44.0. The fraction of sp³-hybridized carbons (Fsp3) is 0.375. The number of hydrogen-bond donors (Lipinski definition) is 2. The zero-order chi connectivity index (χ0) is 40.2. The average molecular weight is 785 g/mol. The molecule has 4 bridgehead atoms. The molecule has 3 aromatic carbocycles. The normalized spacial score (nSPS) is 19.1. The first-order chi connectivity index (χ1) is 26.5. The predicted molar refractivity (Wildman–Crippen MR) is 193 cm³/mol. The number of hydrogen-bond acceptors (Lipinski definition) is 7. The number of aryl methyl sites for hydroxylation is 2. The second-order valence-corrected chi connectivity index (χ2v) is 14.5. The summed E-state index contributed by atoms with van der Waals surface area (Å²) in [5, 5.41) is 12.4. The minimum Gasteiger partial charge on any atom is -0.481 e. The Morgan fingerprint density at radius 2 is 1.71 bits per heavy atom. The van der Waals surface area contributed by atoms with Crippen LogP contribution in [0.2, 0.25) is 0 Å². The predicted octanol–water partition coefficient (Wildman–Crippen LogP) is 6.49. The molecule has 10 nitrogen and oxygen atoms in total. The van der Waals surface area contributed by atoms with Gasteiger partial charge in [0.25, 0.3) is 5.56 Å². The second-order valence-electron chi connectivity index (χ2n) is 14.5. The largest absolute Gasteiger partial charge is 0.481 e. The number of alkyl halides is 4. The first kappa shape index (κ1) is 38.9. The molecule has 4 heterocycles. The van der Waals surface area contributed by atoms with Crippen LogP contribution in [-0.2, 0) is 26.9 Å². The van der Waals surface area contributed by atoms with E-state index < -0.39 is 76.6 Å². The van der Waals surface area contributed by atoms with Crippen molar-refractivity contribution in [3.63, 3.8) is 0 Å². The SMILES string of the molecule is COC1CN(c2cc(C)c3c(c2)Oc2ccc(F)c(c2)C(n2cc(CCN4CC(F)C4)c(C(F)(F)F)cc2=O)C(=O)NC(CC(=O)O)c2cc-3cc(C)c2F)C1. The lowest BCUT2D eigenvalue weighted by molar-refractivity contribution is -0.139. The number of aliphatic carboxylic acids is 1. The molecule has 7 rings (SSSR count). The van der Waals surface area contributed by atoms with E-state index in [2.05, 4.69) is 5.32 Å². The molecule has 0 aliphatic carbocycles. The third kappa shape index (κ3) is 7.59. The average Bonchev–Trinajstić information content (AvgIpc) is 3.08. The first-order valence-electron chi connectivity index (χ1n) is 17.9. The van der Waals surface area contributed by atoms with Gasteiger partial charge in [-0.3, -0.25) is 23.9 Å². The third-order valence-electron chi connectivity index (χ3n) is 10.6. The van der Waals surface area contributed by atoms with Crippen LogP contribution < -0.4 is 20.5 Å². The summed E-state index contributed by atoms with van der Waals surface area (Å²) in [6.07, 6.45) is -6.45. The summed E-state index contributed by atoms with van der Waals surface area (Å²) in [7, 11) is 1.61. The topological polar surface area (TPSA) is 113 Å². The van der Waals surface area contributed by atoms with Gasteiger partial charge in [0, 0.05) is 80.5 Å². The number of halogens is 6. The van der Waals surface area contributed by atoms with E-state index in [0.717, 1.165) is 24.0 Å². The van der Waals surface area contributed by atoms with E-state index in [1.807, 2.05) is 17.9 Å². The van der Waals surface area contributed by atoms with Crippen molar-refractivity contribution in [1.82, 2.24) is 14.8 Å². The molecule has 0 saturated carbocycles. The van der Waals surface area contributed by atoms with Gasteiger partial charge in [0.2, 0.25) is 5.91 Å². The Morgan fingerprint density at radius 3 is 2.38 bits per heavy atom. The number of nitrogens with one attached hydrogen (secondary N) is 1. The van der Waals surface area contributed by atoms with Gasteiger partial charge in [-0.1, -0.05) is 0 Å². The number of carbonyl (C=O) groups excluding carboxylic acids is 1. The molecule has 296 valence electrons. The molecule has 2 atom stereocenters. The lowest BCUT2D eigenvalue weighted by atomic mass is 9.91. The van der Waals surface area contributed by atoms with Crippen molar-refractivity contribution in [2.24, 2.45) is 0 Å². The van der Waals surface area contributed by atoms with E-state index in [0.29, 0.717) is 40.4 Å². The Morgan fingerprint density at radius 1 is 0.982 bits per heavy atom. The fourth-order valence-electron chi connectivity index (χ4n) is 7.59. The Hall–Kier alpha value is -5.35. The Kier molecular flexibility index (Phi) is 10.4. The zero-order valence-electron chi connectivity index (χ0n) is 30.6. The minimum atomic E-state index is -4.99. The first-order valence-corrected chi connectivity index (χ1v) is 17.9. The van der Waals surface area contributed by atoms with Crippen molar-refractivity contribution >= 4 is 17.6 Å². The number of likely N-dealkylation sites (tertiary alicyclic amines) is 1. The number of ether oxygens (including phenoxy) is 2. The Balaban J connectivity index is 1.44. The second kappa shape index (κ2) is 15.0. The number of fused-ring (bicyclic) bond motifs is 6. The molecule has 56 heavy (non-hydrogen) atoms. The zero-order valence-corrected chi connectivity index (χ0v) is 30.6. The summed E-state index contributed by atoms with van der Waals surface area (Å²) >= 11 is 0. The molecular weight excluding hydrogens is 746 g/mol. The van der Waals surface area contributed by atoms with Gasteiger partial charge < -0.3 is 24.8 Å². The summed E-state index contributed by atoms with van der Waals surface area (Å²) in [6, 6.07) is 6.67. The summed E-state index contributed by atoms with van der Waals surface area (Å²) in [6.45, 7) is 4.47. The van der Waals surface area contributed by atoms with Crippen LogP contribution >= 0.6 is 0 Å². The molecule has 2 saturated heterocycles. The highest BCUT2D eigenvalue weighted by Crippen LogP contribution is 2.43. The third-order valence-corrected chi connectivity index (χ3v) is 10.6. The van der Waals surface area contributed by atoms with Gasteiger partial charge in [0.1, 0.15) is 35.3 Å². The minimum absolute atomic E-state index is 0.00314. The van der Waals surface area contributed by atoms with Crippen LogP contribution in [0.5, 0.6) is 11.5 Å². The van der Waals surface area contributed by atoms with Gasteiger partial charge in [-0.05, 0) is 78.9 Å². The molecule has 16 heteroatoms. The summed E-state index contributed by atoms with van der Waals surface area (Å²) in [5.41, 5.74) is -1.29. The standard InChI is InChI=1S/C40H38F6N4O6/c1-20-9-25(49-18-27(19-49)55-3)11-33-36(20)23-8-21(2)37(43)29(10-23)32(14-35(52)53)47-39(54)38(28-12-26(56-33)4-5-31(28)42)50-15-22(6-7-48-16-24(41)17-48)30(13-34(50)51)40(44,45)46/h4-5,8-13,15,24,27,32,38H,6-7,14,16-19H2,1-3H3,(H,47,54)(H,52,53). The van der Waals surface area contributed by atoms with E-state index in [1.165, 1.54) is 19.1 Å². The number of rotatable bonds is 8. The van der Waals surface area contributed by atoms with Gasteiger partial charge >= 0.3 is 12.1 Å². The van der Waals surface area contributed by atoms with Crippen LogP contribution in [0.15, 0.2) is 59.5 Å². The van der Waals surface area contributed by atoms with Crippen LogP contribution in [0.3, 0.4) is 0 Å². The van der Waals surface area contributed by atoms with Gasteiger partial charge in [0.15, 0.2) is 0 Å². The molecule has 2 unspecified atom stereocenters. The van der Waals surface area contributed by atoms with Gasteiger partial charge in [0.05, 0.1) is 24.1 Å². The van der Waals surface area contributed by atoms with Crippen molar-refractivity contribution in [1.29, 1.82) is 0 Å². The molecule has 0 spiro atoms. The molecular formula is C40H38F6N4O6. The summed E-state index contributed by atoms with van der Waals surface area (Å²) in [5.74, 6) is -4.27. The van der Waals surface area contributed by atoms with Crippen LogP contribution in [-0.4, -0.2) is 78.6 Å². The van der Waals surface area contributed by atoms with Gasteiger partial charge in [-0.2, -0.15) is 13.2 Å². The highest BCUT2D eigenvalue weighted by molar-refractivity contribution is 5.86. The number of nitrogens with zero attached hydrogens (tertiary/aromatic N) is 3. The number of anilines is 1. The van der Waals surface area contributed by atoms with E-state index in [-0.39, 0.29) is 54.8 Å². The lowest BCUT2D eigenvalue weighted by Crippen LogP contribution is -2.51. The van der Waals surface area contributed by atoms with Gasteiger partial charge in [-0.25, -0.2) is 13.2 Å². The number of pyridine rings is 1. The van der Waals surface area contributed by atoms with Crippen molar-refractivity contribution in [3.05, 3.63) is 110 Å². The van der Waals surface area contributed by atoms with Crippen LogP contribution in [0.4, 0.5) is 32.0 Å². The highest BCUT2D eigenvalue weighted by Gasteiger charge is 2.38. The fourth-order valence-corrected chi connectivity index (χ4v) is 7.59. The maximum Gasteiger partial charge on any atom is 0.416 e. The molecule has 4 aromatic rings. The number of carboxylic acids is 1. The Labute approximate surface area is 317 Å². The number of methoxy groups -OCH3 is 1. The van der Waals surface area contributed by atoms with Crippen LogP contribution in [0.1, 0.15) is 51.9 Å². The number of aromatic nitrogens is 1. The molecule has 1 aromatic heterocycles. The summed E-state index contributed by atoms with van der Waals surface area (Å²) < 4.78 is 101. The monoisotopic (exact) mass is 784 g/mol. The van der Waals surface area contributed by atoms with E-state index >= 15 is 8.78 Å². The van der Waals surface area contributed by atoms with Crippen molar-refractivity contribution in [2.45, 2.75) is 57.2 Å². The Bertz CT molecular complexity index is 2270. The van der Waals surface area contributed by atoms with Crippen molar-refractivity contribution in [3.8, 4) is 22.6 Å². The number of amides is 1. The number of carboxylic acid groups (broad SMARTS) is 1. The molecule has 2 fully saturated rings. The van der Waals surface area contributed by atoms with Crippen LogP contribution in [0, 0.1) is 25.5 Å².